The number of aliphatic carboxylic acids is 1. The van der Waals surface area contributed by atoms with Crippen LogP contribution in [0.15, 0.2) is 11.8 Å². The summed E-state index contributed by atoms with van der Waals surface area (Å²) in [5, 5.41) is 18.5. The Hall–Kier alpha value is -1.90. The highest BCUT2D eigenvalue weighted by atomic mass is 32.2. The quantitative estimate of drug-likeness (QED) is 0.178. The zero-order valence-corrected chi connectivity index (χ0v) is 17.2. The third-order valence-electron chi connectivity index (χ3n) is 5.29. The Morgan fingerprint density at radius 2 is 2.11 bits per heavy atom. The molecule has 3 amide bonds. The van der Waals surface area contributed by atoms with Gasteiger partial charge >= 0.3 is 12.0 Å². The molecule has 2 aliphatic heterocycles. The van der Waals surface area contributed by atoms with E-state index >= 15 is 0 Å². The van der Waals surface area contributed by atoms with Gasteiger partial charge in [0.05, 0.1) is 12.1 Å². The van der Waals surface area contributed by atoms with Gasteiger partial charge in [0.25, 0.3) is 0 Å². The van der Waals surface area contributed by atoms with Crippen LogP contribution < -0.4 is 21.7 Å². The maximum Gasteiger partial charge on any atom is 0.326 e. The van der Waals surface area contributed by atoms with Gasteiger partial charge in [-0.1, -0.05) is 26.2 Å². The van der Waals surface area contributed by atoms with Gasteiger partial charge in [0.1, 0.15) is 6.04 Å². The number of rotatable bonds is 13. The van der Waals surface area contributed by atoms with Crippen LogP contribution in [-0.2, 0) is 9.59 Å². The number of carbonyl (C=O) groups is 3. The second kappa shape index (κ2) is 11.2. The van der Waals surface area contributed by atoms with Crippen LogP contribution in [0, 0.1) is 0 Å². The number of carbonyl (C=O) groups excluding carboxylic acids is 2. The van der Waals surface area contributed by atoms with Crippen molar-refractivity contribution >= 4 is 29.7 Å². The number of hydrogen-bond acceptors (Lipinski definition) is 5. The van der Waals surface area contributed by atoms with Crippen LogP contribution in [0.25, 0.3) is 0 Å². The van der Waals surface area contributed by atoms with E-state index in [1.807, 2.05) is 11.8 Å². The van der Waals surface area contributed by atoms with E-state index in [0.717, 1.165) is 44.3 Å². The average Bonchev–Trinajstić information content (AvgIpc) is 3.18. The summed E-state index contributed by atoms with van der Waals surface area (Å²) in [6, 6.07) is -0.584. The van der Waals surface area contributed by atoms with Gasteiger partial charge in [-0.25, -0.2) is 9.59 Å². The fraction of sp³-hybridized carbons (Fsp3) is 0.737. The molecule has 0 aliphatic carbocycles. The minimum atomic E-state index is -0.946. The monoisotopic (exact) mass is 412 g/mol. The molecule has 0 radical (unpaired) electrons. The van der Waals surface area contributed by atoms with E-state index in [-0.39, 0.29) is 18.1 Å². The van der Waals surface area contributed by atoms with Gasteiger partial charge in [0.2, 0.25) is 5.91 Å². The summed E-state index contributed by atoms with van der Waals surface area (Å²) in [7, 11) is 0. The van der Waals surface area contributed by atoms with Gasteiger partial charge in [-0.15, -0.1) is 0 Å². The summed E-state index contributed by atoms with van der Waals surface area (Å²) in [6.45, 7) is 2.12. The van der Waals surface area contributed by atoms with E-state index in [1.54, 1.807) is 0 Å². The molecule has 2 fully saturated rings. The van der Waals surface area contributed by atoms with Gasteiger partial charge in [-0.3, -0.25) is 4.79 Å². The van der Waals surface area contributed by atoms with Crippen molar-refractivity contribution in [2.45, 2.75) is 81.7 Å². The number of unbranched alkanes of at least 4 members (excludes halogenated alkanes) is 3. The van der Waals surface area contributed by atoms with Crippen molar-refractivity contribution in [3.63, 3.8) is 0 Å². The average molecular weight is 413 g/mol. The summed E-state index contributed by atoms with van der Waals surface area (Å²) in [6.07, 6.45) is 8.14. The van der Waals surface area contributed by atoms with Crippen molar-refractivity contribution in [3.8, 4) is 0 Å². The van der Waals surface area contributed by atoms with E-state index in [1.165, 1.54) is 6.20 Å². The van der Waals surface area contributed by atoms with Crippen molar-refractivity contribution < 1.29 is 19.5 Å². The lowest BCUT2D eigenvalue weighted by Crippen LogP contribution is -2.37. The molecule has 28 heavy (non-hydrogen) atoms. The summed E-state index contributed by atoms with van der Waals surface area (Å²) in [5.41, 5.74) is 5.86. The number of fused-ring (bicyclic) bond motifs is 1. The molecule has 4 atom stereocenters. The van der Waals surface area contributed by atoms with Crippen LogP contribution in [0.3, 0.4) is 0 Å². The lowest BCUT2D eigenvalue weighted by atomic mass is 10.0. The van der Waals surface area contributed by atoms with Gasteiger partial charge in [-0.05, 0) is 32.1 Å². The molecule has 0 aromatic heterocycles. The number of carboxylic acids is 1. The van der Waals surface area contributed by atoms with Crippen molar-refractivity contribution in [1.29, 1.82) is 0 Å². The number of hydrogen-bond donors (Lipinski definition) is 5. The number of carboxylic acid groups (broad SMARTS) is 1. The standard InChI is InChI=1S/C19H32N4O4S/c1-2-3-4-5-7-12(17(20)24)10-21-13(18(25)26)8-6-9-15-16-14(11-28-15)22-19(27)23-16/h10,13-16,21H,2-9,11H2,1H3,(H2,20,24)(H,25,26)(H2,22,23,27)/t13?,14-,15-,16-/m0/s1. The molecule has 1 unspecified atom stereocenters. The Bertz CT molecular complexity index is 598. The van der Waals surface area contributed by atoms with E-state index in [9.17, 15) is 19.5 Å². The second-order valence-electron chi connectivity index (χ2n) is 7.45. The molecule has 0 aromatic rings. The zero-order valence-electron chi connectivity index (χ0n) is 16.4. The summed E-state index contributed by atoms with van der Waals surface area (Å²) in [4.78, 5) is 34.6. The minimum Gasteiger partial charge on any atom is -0.480 e. The first-order chi connectivity index (χ1) is 13.4. The molecule has 0 bridgehead atoms. The maximum absolute atomic E-state index is 11.6. The first-order valence-electron chi connectivity index (χ1n) is 10.1. The van der Waals surface area contributed by atoms with E-state index in [0.29, 0.717) is 23.7 Å². The molecule has 0 saturated carbocycles. The third-order valence-corrected chi connectivity index (χ3v) is 6.80. The van der Waals surface area contributed by atoms with Crippen LogP contribution in [0.1, 0.15) is 58.3 Å². The molecular weight excluding hydrogens is 380 g/mol. The van der Waals surface area contributed by atoms with Gasteiger partial charge < -0.3 is 26.8 Å². The topological polar surface area (TPSA) is 134 Å². The fourth-order valence-corrected chi connectivity index (χ4v) is 5.20. The second-order valence-corrected chi connectivity index (χ2v) is 8.73. The molecule has 2 saturated heterocycles. The number of primary amides is 1. The molecule has 2 aliphatic rings. The Morgan fingerprint density at radius 1 is 1.32 bits per heavy atom. The predicted molar refractivity (Wildman–Crippen MR) is 110 cm³/mol. The van der Waals surface area contributed by atoms with E-state index in [4.69, 9.17) is 5.73 Å². The Labute approximate surface area is 170 Å². The Balaban J connectivity index is 1.79. The van der Waals surface area contributed by atoms with Crippen molar-refractivity contribution in [1.82, 2.24) is 16.0 Å². The van der Waals surface area contributed by atoms with Gasteiger partial charge in [-0.2, -0.15) is 11.8 Å². The smallest absolute Gasteiger partial charge is 0.326 e. The number of amides is 3. The highest BCUT2D eigenvalue weighted by Crippen LogP contribution is 2.33. The largest absolute Gasteiger partial charge is 0.480 e. The predicted octanol–water partition coefficient (Wildman–Crippen LogP) is 1.70. The Morgan fingerprint density at radius 3 is 2.79 bits per heavy atom. The van der Waals surface area contributed by atoms with E-state index in [2.05, 4.69) is 22.9 Å². The molecule has 6 N–H and O–H groups in total. The van der Waals surface area contributed by atoms with Crippen molar-refractivity contribution in [2.24, 2.45) is 5.73 Å². The summed E-state index contributed by atoms with van der Waals surface area (Å²) >= 11 is 1.81. The molecule has 158 valence electrons. The first kappa shape index (κ1) is 22.4. The molecule has 0 spiro atoms. The van der Waals surface area contributed by atoms with Gasteiger partial charge in [0.15, 0.2) is 0 Å². The summed E-state index contributed by atoms with van der Waals surface area (Å²) < 4.78 is 0. The van der Waals surface area contributed by atoms with Crippen LogP contribution in [0.4, 0.5) is 4.79 Å². The number of thioether (sulfide) groups is 1. The number of urea groups is 1. The number of nitrogens with two attached hydrogens (primary N) is 1. The van der Waals surface area contributed by atoms with E-state index < -0.39 is 17.9 Å². The minimum absolute atomic E-state index is 0.117. The molecule has 9 heteroatoms. The van der Waals surface area contributed by atoms with Crippen LogP contribution in [-0.4, -0.2) is 52.1 Å². The number of nitrogens with one attached hydrogen (secondary N) is 3. The summed E-state index contributed by atoms with van der Waals surface area (Å²) in [5.74, 6) is -0.568. The van der Waals surface area contributed by atoms with Crippen LogP contribution in [0.5, 0.6) is 0 Å². The van der Waals surface area contributed by atoms with Crippen molar-refractivity contribution in [2.75, 3.05) is 5.75 Å². The zero-order chi connectivity index (χ0) is 20.5. The lowest BCUT2D eigenvalue weighted by Gasteiger charge is -2.18. The lowest BCUT2D eigenvalue weighted by molar-refractivity contribution is -0.139. The highest BCUT2D eigenvalue weighted by Gasteiger charge is 2.42. The Kier molecular flexibility index (Phi) is 8.95. The maximum atomic E-state index is 11.6. The van der Waals surface area contributed by atoms with Crippen LogP contribution >= 0.6 is 11.8 Å². The highest BCUT2D eigenvalue weighted by molar-refractivity contribution is 8.00. The molecule has 2 rings (SSSR count). The van der Waals surface area contributed by atoms with Crippen molar-refractivity contribution in [3.05, 3.63) is 11.8 Å². The molecular formula is C19H32N4O4S. The third kappa shape index (κ3) is 6.61. The molecule has 8 nitrogen and oxygen atoms in total. The van der Waals surface area contributed by atoms with Crippen LogP contribution in [0.2, 0.25) is 0 Å². The molecule has 2 heterocycles. The molecule has 0 aromatic carbocycles. The fourth-order valence-electron chi connectivity index (χ4n) is 3.65. The normalized spacial score (nSPS) is 25.0. The first-order valence-corrected chi connectivity index (χ1v) is 11.1. The van der Waals surface area contributed by atoms with Gasteiger partial charge in [0, 0.05) is 22.8 Å². The SMILES string of the molecule is CCCCCCC(=CNC(CCC[C@@H]1SC[C@@H]2NC(=O)N[C@@H]21)C(=O)O)C(N)=O.